The first-order valence-electron chi connectivity index (χ1n) is 5.75. The fourth-order valence-corrected chi connectivity index (χ4v) is 2.11. The van der Waals surface area contributed by atoms with Crippen molar-refractivity contribution in [3.8, 4) is 5.75 Å². The first-order valence-corrected chi connectivity index (χ1v) is 6.55. The molecule has 2 rings (SSSR count). The highest BCUT2D eigenvalue weighted by molar-refractivity contribution is 9.10. The number of hydrogen-bond acceptors (Lipinski definition) is 2. The summed E-state index contributed by atoms with van der Waals surface area (Å²) in [6.45, 7) is 0.229. The Bertz CT molecular complexity index is 614. The van der Waals surface area contributed by atoms with E-state index in [4.69, 9.17) is 0 Å². The molecule has 0 aromatic heterocycles. The second-order valence-corrected chi connectivity index (χ2v) is 5.03. The molecule has 0 saturated heterocycles. The number of phenolic OH excluding ortho intramolecular Hbond substituents is 1. The quantitative estimate of drug-likeness (QED) is 0.838. The number of aromatic hydroxyl groups is 1. The van der Waals surface area contributed by atoms with Crippen LogP contribution < -0.4 is 5.32 Å². The van der Waals surface area contributed by atoms with Crippen molar-refractivity contribution in [2.24, 2.45) is 0 Å². The van der Waals surface area contributed by atoms with Gasteiger partial charge in [0, 0.05) is 17.8 Å². The number of hydrogen-bond donors (Lipinski definition) is 2. The molecule has 0 aliphatic rings. The van der Waals surface area contributed by atoms with E-state index in [9.17, 15) is 18.3 Å². The lowest BCUT2D eigenvalue weighted by Crippen LogP contribution is -2.06. The second kappa shape index (κ2) is 5.75. The molecule has 0 bridgehead atoms. The van der Waals surface area contributed by atoms with Gasteiger partial charge in [0.1, 0.15) is 5.75 Å². The maximum Gasteiger partial charge on any atom is 0.416 e. The van der Waals surface area contributed by atoms with Crippen molar-refractivity contribution < 1.29 is 18.3 Å². The smallest absolute Gasteiger partial charge is 0.416 e. The number of benzene rings is 2. The number of phenols is 1. The van der Waals surface area contributed by atoms with Crippen molar-refractivity contribution >= 4 is 21.6 Å². The van der Waals surface area contributed by atoms with Crippen LogP contribution in [0, 0.1) is 0 Å². The van der Waals surface area contributed by atoms with E-state index in [0.29, 0.717) is 15.7 Å². The van der Waals surface area contributed by atoms with Crippen LogP contribution in [-0.2, 0) is 12.7 Å². The summed E-state index contributed by atoms with van der Waals surface area (Å²) in [7, 11) is 0. The van der Waals surface area contributed by atoms with E-state index in [0.717, 1.165) is 12.1 Å². The number of rotatable bonds is 3. The summed E-state index contributed by atoms with van der Waals surface area (Å²) < 4.78 is 38.3. The highest BCUT2D eigenvalue weighted by atomic mass is 79.9. The lowest BCUT2D eigenvalue weighted by Gasteiger charge is -2.11. The van der Waals surface area contributed by atoms with E-state index in [1.165, 1.54) is 6.07 Å². The van der Waals surface area contributed by atoms with Crippen molar-refractivity contribution in [2.75, 3.05) is 5.32 Å². The van der Waals surface area contributed by atoms with Crippen molar-refractivity contribution in [3.63, 3.8) is 0 Å². The van der Waals surface area contributed by atoms with Gasteiger partial charge in [0.25, 0.3) is 0 Å². The molecular weight excluding hydrogens is 335 g/mol. The molecular formula is C14H11BrF3NO. The summed E-state index contributed by atoms with van der Waals surface area (Å²) in [6, 6.07) is 10.1. The maximum absolute atomic E-state index is 12.6. The second-order valence-electron chi connectivity index (χ2n) is 4.18. The molecule has 2 aromatic carbocycles. The average Bonchev–Trinajstić information content (AvgIpc) is 2.40. The first-order chi connectivity index (χ1) is 9.38. The van der Waals surface area contributed by atoms with Gasteiger partial charge in [-0.05, 0) is 40.2 Å². The summed E-state index contributed by atoms with van der Waals surface area (Å²) in [5, 5.41) is 12.7. The SMILES string of the molecule is Oc1c(Br)cccc1CNc1cccc(C(F)(F)F)c1. The molecule has 0 aliphatic heterocycles. The predicted molar refractivity (Wildman–Crippen MR) is 74.6 cm³/mol. The van der Waals surface area contributed by atoms with Crippen LogP contribution >= 0.6 is 15.9 Å². The van der Waals surface area contributed by atoms with Crippen LogP contribution in [0.4, 0.5) is 18.9 Å². The van der Waals surface area contributed by atoms with Gasteiger partial charge in [0.05, 0.1) is 10.0 Å². The van der Waals surface area contributed by atoms with E-state index in [2.05, 4.69) is 21.2 Å². The Morgan fingerprint density at radius 3 is 2.50 bits per heavy atom. The van der Waals surface area contributed by atoms with E-state index in [1.807, 2.05) is 0 Å². The Morgan fingerprint density at radius 1 is 1.10 bits per heavy atom. The van der Waals surface area contributed by atoms with Crippen LogP contribution in [0.3, 0.4) is 0 Å². The first kappa shape index (κ1) is 14.7. The average molecular weight is 346 g/mol. The van der Waals surface area contributed by atoms with Gasteiger partial charge in [-0.3, -0.25) is 0 Å². The van der Waals surface area contributed by atoms with Gasteiger partial charge in [-0.25, -0.2) is 0 Å². The Morgan fingerprint density at radius 2 is 1.80 bits per heavy atom. The monoisotopic (exact) mass is 345 g/mol. The van der Waals surface area contributed by atoms with E-state index in [1.54, 1.807) is 24.3 Å². The van der Waals surface area contributed by atoms with E-state index in [-0.39, 0.29) is 12.3 Å². The van der Waals surface area contributed by atoms with Crippen LogP contribution in [0.15, 0.2) is 46.9 Å². The Labute approximate surface area is 122 Å². The molecule has 2 nitrogen and oxygen atoms in total. The summed E-state index contributed by atoms with van der Waals surface area (Å²) in [5.74, 6) is 0.0759. The van der Waals surface area contributed by atoms with Crippen LogP contribution in [0.2, 0.25) is 0 Å². The third-order valence-electron chi connectivity index (χ3n) is 2.74. The lowest BCUT2D eigenvalue weighted by atomic mass is 10.1. The zero-order valence-corrected chi connectivity index (χ0v) is 11.8. The molecule has 0 amide bonds. The van der Waals surface area contributed by atoms with Gasteiger partial charge < -0.3 is 10.4 Å². The molecule has 20 heavy (non-hydrogen) atoms. The zero-order valence-electron chi connectivity index (χ0n) is 10.2. The highest BCUT2D eigenvalue weighted by Crippen LogP contribution is 2.31. The number of anilines is 1. The summed E-state index contributed by atoms with van der Waals surface area (Å²) in [4.78, 5) is 0. The topological polar surface area (TPSA) is 32.3 Å². The maximum atomic E-state index is 12.6. The Hall–Kier alpha value is -1.69. The third-order valence-corrected chi connectivity index (χ3v) is 3.38. The van der Waals surface area contributed by atoms with Crippen molar-refractivity contribution in [1.29, 1.82) is 0 Å². The third kappa shape index (κ3) is 3.45. The zero-order chi connectivity index (χ0) is 14.8. The predicted octanol–water partition coefficient (Wildman–Crippen LogP) is 4.79. The largest absolute Gasteiger partial charge is 0.506 e. The van der Waals surface area contributed by atoms with E-state index >= 15 is 0 Å². The molecule has 0 aliphatic carbocycles. The fourth-order valence-electron chi connectivity index (χ4n) is 1.71. The number of nitrogens with one attached hydrogen (secondary N) is 1. The molecule has 0 saturated carbocycles. The van der Waals surface area contributed by atoms with Crippen molar-refractivity contribution in [1.82, 2.24) is 0 Å². The van der Waals surface area contributed by atoms with Gasteiger partial charge in [-0.1, -0.05) is 18.2 Å². The fraction of sp³-hybridized carbons (Fsp3) is 0.143. The van der Waals surface area contributed by atoms with E-state index < -0.39 is 11.7 Å². The molecule has 0 fully saturated rings. The van der Waals surface area contributed by atoms with Crippen molar-refractivity contribution in [2.45, 2.75) is 12.7 Å². The number of para-hydroxylation sites is 1. The molecule has 0 radical (unpaired) electrons. The van der Waals surface area contributed by atoms with Crippen LogP contribution in [0.5, 0.6) is 5.75 Å². The summed E-state index contributed by atoms with van der Waals surface area (Å²) in [6.07, 6.45) is -4.37. The van der Waals surface area contributed by atoms with Gasteiger partial charge in [-0.2, -0.15) is 13.2 Å². The number of alkyl halides is 3. The lowest BCUT2D eigenvalue weighted by molar-refractivity contribution is -0.137. The highest BCUT2D eigenvalue weighted by Gasteiger charge is 2.30. The van der Waals surface area contributed by atoms with Gasteiger partial charge in [-0.15, -0.1) is 0 Å². The minimum atomic E-state index is -4.37. The van der Waals surface area contributed by atoms with Gasteiger partial charge >= 0.3 is 6.18 Å². The molecule has 2 aromatic rings. The molecule has 0 unspecified atom stereocenters. The Balaban J connectivity index is 2.13. The molecule has 0 spiro atoms. The van der Waals surface area contributed by atoms with Crippen LogP contribution in [0.25, 0.3) is 0 Å². The number of halogens is 4. The minimum absolute atomic E-state index is 0.0759. The molecule has 0 heterocycles. The molecule has 2 N–H and O–H groups in total. The summed E-state index contributed by atoms with van der Waals surface area (Å²) in [5.41, 5.74) is 0.233. The van der Waals surface area contributed by atoms with Crippen LogP contribution in [0.1, 0.15) is 11.1 Å². The molecule has 6 heteroatoms. The molecule has 106 valence electrons. The minimum Gasteiger partial charge on any atom is -0.506 e. The Kier molecular flexibility index (Phi) is 4.23. The van der Waals surface area contributed by atoms with Gasteiger partial charge in [0.15, 0.2) is 0 Å². The standard InChI is InChI=1S/C14H11BrF3NO/c15-12-6-1-3-9(13(12)20)8-19-11-5-2-4-10(7-11)14(16,17)18/h1-7,19-20H,8H2. The van der Waals surface area contributed by atoms with Crippen LogP contribution in [-0.4, -0.2) is 5.11 Å². The van der Waals surface area contributed by atoms with Gasteiger partial charge in [0.2, 0.25) is 0 Å². The van der Waals surface area contributed by atoms with Crippen molar-refractivity contribution in [3.05, 3.63) is 58.1 Å². The summed E-state index contributed by atoms with van der Waals surface area (Å²) >= 11 is 3.18. The molecule has 0 atom stereocenters. The normalized spacial score (nSPS) is 11.4.